The van der Waals surface area contributed by atoms with Gasteiger partial charge in [0.2, 0.25) is 0 Å². The Balaban J connectivity index is 1.38. The molecule has 6 rings (SSSR count). The molecule has 1 saturated carbocycles. The molecule has 1 aliphatic carbocycles. The molecule has 198 valence electrons. The number of thioether (sulfide) groups is 1. The van der Waals surface area contributed by atoms with Crippen LogP contribution < -0.4 is 0 Å². The molecule has 4 aromatic rings. The Bertz CT molecular complexity index is 1600. The van der Waals surface area contributed by atoms with E-state index >= 15 is 0 Å². The summed E-state index contributed by atoms with van der Waals surface area (Å²) in [6.45, 7) is 2.67. The lowest BCUT2D eigenvalue weighted by Crippen LogP contribution is -2.40. The summed E-state index contributed by atoms with van der Waals surface area (Å²) in [5, 5.41) is 3.13. The number of carbonyl (C=O) groups is 1. The van der Waals surface area contributed by atoms with Crippen molar-refractivity contribution in [1.29, 1.82) is 0 Å². The van der Waals surface area contributed by atoms with E-state index in [-0.39, 0.29) is 11.9 Å². The number of fused-ring (bicyclic) bond motifs is 1. The van der Waals surface area contributed by atoms with Crippen molar-refractivity contribution in [2.24, 2.45) is 4.99 Å². The molecule has 0 unspecified atom stereocenters. The number of hydrogen-bond donors (Lipinski definition) is 0. The van der Waals surface area contributed by atoms with E-state index in [1.165, 1.54) is 23.7 Å². The van der Waals surface area contributed by atoms with Crippen LogP contribution in [-0.2, 0) is 11.3 Å². The fourth-order valence-electron chi connectivity index (χ4n) is 5.45. The average molecular weight is 575 g/mol. The molecule has 0 atom stereocenters. The van der Waals surface area contributed by atoms with E-state index in [4.69, 9.17) is 28.2 Å². The normalized spacial score (nSPS) is 18.6. The van der Waals surface area contributed by atoms with Crippen LogP contribution in [0.4, 0.5) is 5.69 Å². The number of rotatable bonds is 5. The van der Waals surface area contributed by atoms with E-state index in [9.17, 15) is 4.79 Å². The zero-order valence-corrected chi connectivity index (χ0v) is 24.1. The lowest BCUT2D eigenvalue weighted by Gasteiger charge is -2.30. The Morgan fingerprint density at radius 1 is 1.00 bits per heavy atom. The minimum atomic E-state index is 0.0512. The Morgan fingerprint density at radius 2 is 1.77 bits per heavy atom. The molecule has 1 saturated heterocycles. The van der Waals surface area contributed by atoms with Gasteiger partial charge in [-0.1, -0.05) is 84.4 Å². The third kappa shape index (κ3) is 5.54. The van der Waals surface area contributed by atoms with Crippen LogP contribution in [0.25, 0.3) is 17.0 Å². The van der Waals surface area contributed by atoms with Crippen LogP contribution in [0.5, 0.6) is 0 Å². The summed E-state index contributed by atoms with van der Waals surface area (Å²) < 4.78 is 2.18. The van der Waals surface area contributed by atoms with E-state index in [2.05, 4.69) is 42.0 Å². The van der Waals surface area contributed by atoms with Crippen LogP contribution in [0.1, 0.15) is 48.8 Å². The Kier molecular flexibility index (Phi) is 7.57. The number of hydrogen-bond acceptors (Lipinski definition) is 3. The summed E-state index contributed by atoms with van der Waals surface area (Å²) in [5.41, 5.74) is 5.14. The standard InChI is InChI=1S/C32H29Cl2N3OS/c1-21-11-15-25(16-12-21)35-32-37(26-7-3-2-4-8-26)31(38)30(39-32)17-23-20-36(29-10-6-5-9-27(23)29)19-22-13-14-24(33)18-28(22)34/h5-6,9-18,20,26H,2-4,7-8,19H2,1H3/b30-17+,35-32?. The molecule has 2 fully saturated rings. The predicted octanol–water partition coefficient (Wildman–Crippen LogP) is 9.24. The topological polar surface area (TPSA) is 37.6 Å². The predicted molar refractivity (Wildman–Crippen MR) is 165 cm³/mol. The SMILES string of the molecule is Cc1ccc(N=C2S/C(=C/c3cn(Cc4ccc(Cl)cc4Cl)c4ccccc34)C(=O)N2C2CCCCC2)cc1. The maximum absolute atomic E-state index is 13.9. The number of amides is 1. The molecular weight excluding hydrogens is 545 g/mol. The first-order valence-electron chi connectivity index (χ1n) is 13.4. The molecule has 2 heterocycles. The smallest absolute Gasteiger partial charge is 0.267 e. The van der Waals surface area contributed by atoms with Crippen molar-refractivity contribution < 1.29 is 4.79 Å². The minimum Gasteiger partial charge on any atom is -0.342 e. The van der Waals surface area contributed by atoms with Gasteiger partial charge in [-0.2, -0.15) is 0 Å². The Hall–Kier alpha value is -2.99. The lowest BCUT2D eigenvalue weighted by molar-refractivity contribution is -0.124. The van der Waals surface area contributed by atoms with Gasteiger partial charge in [-0.05, 0) is 73.5 Å². The summed E-state index contributed by atoms with van der Waals surface area (Å²) in [6, 6.07) is 22.2. The lowest BCUT2D eigenvalue weighted by atomic mass is 9.94. The molecule has 1 aromatic heterocycles. The highest BCUT2D eigenvalue weighted by molar-refractivity contribution is 8.18. The van der Waals surface area contributed by atoms with Crippen LogP contribution >= 0.6 is 35.0 Å². The van der Waals surface area contributed by atoms with Gasteiger partial charge in [0.05, 0.1) is 10.6 Å². The van der Waals surface area contributed by atoms with Crippen LogP contribution in [0.3, 0.4) is 0 Å². The molecule has 0 N–H and O–H groups in total. The molecule has 0 radical (unpaired) electrons. The number of benzene rings is 3. The third-order valence-electron chi connectivity index (χ3n) is 7.50. The van der Waals surface area contributed by atoms with Crippen LogP contribution in [0.15, 0.2) is 82.8 Å². The maximum Gasteiger partial charge on any atom is 0.267 e. The van der Waals surface area contributed by atoms with Gasteiger partial charge in [-0.25, -0.2) is 4.99 Å². The highest BCUT2D eigenvalue weighted by atomic mass is 35.5. The highest BCUT2D eigenvalue weighted by Crippen LogP contribution is 2.39. The largest absolute Gasteiger partial charge is 0.342 e. The number of halogens is 2. The molecule has 7 heteroatoms. The molecule has 39 heavy (non-hydrogen) atoms. The highest BCUT2D eigenvalue weighted by Gasteiger charge is 2.38. The zero-order valence-electron chi connectivity index (χ0n) is 21.7. The number of amidine groups is 1. The van der Waals surface area contributed by atoms with Crippen molar-refractivity contribution in [3.05, 3.63) is 105 Å². The van der Waals surface area contributed by atoms with E-state index in [0.29, 0.717) is 21.5 Å². The Labute approximate surface area is 243 Å². The molecule has 4 nitrogen and oxygen atoms in total. The molecular formula is C32H29Cl2N3OS. The van der Waals surface area contributed by atoms with Gasteiger partial charge in [0.25, 0.3) is 5.91 Å². The van der Waals surface area contributed by atoms with Crippen molar-refractivity contribution in [3.63, 3.8) is 0 Å². The van der Waals surface area contributed by atoms with Gasteiger partial charge < -0.3 is 4.57 Å². The third-order valence-corrected chi connectivity index (χ3v) is 9.07. The zero-order chi connectivity index (χ0) is 26.9. The van der Waals surface area contributed by atoms with E-state index in [1.54, 1.807) is 6.07 Å². The van der Waals surface area contributed by atoms with Crippen LogP contribution in [0.2, 0.25) is 10.0 Å². The van der Waals surface area contributed by atoms with E-state index in [1.807, 2.05) is 47.4 Å². The second kappa shape index (κ2) is 11.2. The van der Waals surface area contributed by atoms with Crippen molar-refractivity contribution in [3.8, 4) is 0 Å². The number of aryl methyl sites for hydroxylation is 1. The number of carbonyl (C=O) groups excluding carboxylic acids is 1. The molecule has 2 aliphatic rings. The molecule has 3 aromatic carbocycles. The number of nitrogens with zero attached hydrogens (tertiary/aromatic N) is 3. The molecule has 0 bridgehead atoms. The van der Waals surface area contributed by atoms with Gasteiger partial charge in [0, 0.05) is 45.3 Å². The maximum atomic E-state index is 13.9. The van der Waals surface area contributed by atoms with Gasteiger partial charge in [0.15, 0.2) is 5.17 Å². The van der Waals surface area contributed by atoms with Crippen molar-refractivity contribution >= 4 is 68.7 Å². The number of aromatic nitrogens is 1. The van der Waals surface area contributed by atoms with E-state index in [0.717, 1.165) is 58.6 Å². The van der Waals surface area contributed by atoms with Crippen molar-refractivity contribution in [1.82, 2.24) is 9.47 Å². The molecule has 1 aliphatic heterocycles. The van der Waals surface area contributed by atoms with Crippen molar-refractivity contribution in [2.45, 2.75) is 51.6 Å². The summed E-state index contributed by atoms with van der Waals surface area (Å²) in [5.74, 6) is 0.0512. The number of aliphatic imine (C=N–C) groups is 1. The molecule has 0 spiro atoms. The monoisotopic (exact) mass is 573 g/mol. The van der Waals surface area contributed by atoms with Gasteiger partial charge >= 0.3 is 0 Å². The quantitative estimate of drug-likeness (QED) is 0.223. The fraction of sp³-hybridized carbons (Fsp3) is 0.250. The van der Waals surface area contributed by atoms with Gasteiger partial charge in [0.1, 0.15) is 0 Å². The van der Waals surface area contributed by atoms with Gasteiger partial charge in [-0.3, -0.25) is 9.69 Å². The van der Waals surface area contributed by atoms with Crippen LogP contribution in [-0.4, -0.2) is 26.6 Å². The summed E-state index contributed by atoms with van der Waals surface area (Å²) >= 11 is 14.1. The summed E-state index contributed by atoms with van der Waals surface area (Å²) in [7, 11) is 0. The molecule has 1 amide bonds. The minimum absolute atomic E-state index is 0.0512. The average Bonchev–Trinajstić information content (AvgIpc) is 3.44. The summed E-state index contributed by atoms with van der Waals surface area (Å²) in [4.78, 5) is 21.5. The van der Waals surface area contributed by atoms with E-state index < -0.39 is 0 Å². The Morgan fingerprint density at radius 3 is 2.54 bits per heavy atom. The number of para-hydroxylation sites is 1. The second-order valence-corrected chi connectivity index (χ2v) is 12.1. The first-order chi connectivity index (χ1) is 19.0. The first kappa shape index (κ1) is 26.2. The first-order valence-corrected chi connectivity index (χ1v) is 14.9. The van der Waals surface area contributed by atoms with Crippen LogP contribution in [0, 0.1) is 6.92 Å². The second-order valence-electron chi connectivity index (χ2n) is 10.3. The van der Waals surface area contributed by atoms with Crippen molar-refractivity contribution in [2.75, 3.05) is 0 Å². The summed E-state index contributed by atoms with van der Waals surface area (Å²) in [6.07, 6.45) is 9.71. The fourth-order valence-corrected chi connectivity index (χ4v) is 6.97. The van der Waals surface area contributed by atoms with Gasteiger partial charge in [-0.15, -0.1) is 0 Å².